The zero-order chi connectivity index (χ0) is 12.8. The summed E-state index contributed by atoms with van der Waals surface area (Å²) in [5, 5.41) is 10.4. The molecule has 1 aromatic carbocycles. The fourth-order valence-corrected chi connectivity index (χ4v) is 1.75. The molecule has 0 amide bonds. The van der Waals surface area contributed by atoms with E-state index < -0.39 is 0 Å². The number of aryl methyl sites for hydroxylation is 1. The van der Waals surface area contributed by atoms with Gasteiger partial charge in [-0.15, -0.1) is 0 Å². The molecule has 2 aromatic rings. The highest BCUT2D eigenvalue weighted by atomic mass is 16.4. The molecule has 0 bridgehead atoms. The summed E-state index contributed by atoms with van der Waals surface area (Å²) in [7, 11) is 0. The summed E-state index contributed by atoms with van der Waals surface area (Å²) >= 11 is 0. The Kier molecular flexibility index (Phi) is 4.76. The fourth-order valence-electron chi connectivity index (χ4n) is 1.75. The van der Waals surface area contributed by atoms with E-state index in [9.17, 15) is 9.90 Å². The lowest BCUT2D eigenvalue weighted by atomic mass is 10.1. The summed E-state index contributed by atoms with van der Waals surface area (Å²) in [5.41, 5.74) is 0.935. The summed E-state index contributed by atoms with van der Waals surface area (Å²) in [4.78, 5) is 11.2. The number of hydrogen-bond acceptors (Lipinski definition) is 3. The monoisotopic (exact) mass is 234 g/mol. The topological polar surface area (TPSA) is 50.4 Å². The first-order valence-corrected chi connectivity index (χ1v) is 5.97. The SMILES string of the molecule is CC.CCCc1cc(=O)oc2cccc(O)c12. The summed E-state index contributed by atoms with van der Waals surface area (Å²) in [6, 6.07) is 6.40. The van der Waals surface area contributed by atoms with Crippen molar-refractivity contribution in [3.05, 3.63) is 40.2 Å². The molecule has 0 unspecified atom stereocenters. The minimum absolute atomic E-state index is 0.166. The Morgan fingerprint density at radius 1 is 1.29 bits per heavy atom. The van der Waals surface area contributed by atoms with Crippen LogP contribution in [0, 0.1) is 0 Å². The zero-order valence-electron chi connectivity index (χ0n) is 10.5. The summed E-state index contributed by atoms with van der Waals surface area (Å²) < 4.78 is 5.01. The predicted molar refractivity (Wildman–Crippen MR) is 69.5 cm³/mol. The van der Waals surface area contributed by atoms with Gasteiger partial charge in [-0.05, 0) is 24.1 Å². The van der Waals surface area contributed by atoms with Gasteiger partial charge in [0, 0.05) is 6.07 Å². The van der Waals surface area contributed by atoms with Gasteiger partial charge in [0.15, 0.2) is 0 Å². The standard InChI is InChI=1S/C12H12O3.C2H6/c1-2-4-8-7-11(14)15-10-6-3-5-9(13)12(8)10;1-2/h3,5-7,13H,2,4H2,1H3;1-2H3. The van der Waals surface area contributed by atoms with Crippen LogP contribution in [0.15, 0.2) is 33.5 Å². The molecule has 0 atom stereocenters. The second-order valence-electron chi connectivity index (χ2n) is 3.49. The number of benzene rings is 1. The van der Waals surface area contributed by atoms with Crippen molar-refractivity contribution in [2.45, 2.75) is 33.6 Å². The van der Waals surface area contributed by atoms with E-state index in [1.54, 1.807) is 18.2 Å². The van der Waals surface area contributed by atoms with Gasteiger partial charge in [0.2, 0.25) is 0 Å². The Bertz CT molecular complexity index is 541. The molecule has 2 rings (SSSR count). The van der Waals surface area contributed by atoms with Gasteiger partial charge >= 0.3 is 5.63 Å². The summed E-state index contributed by atoms with van der Waals surface area (Å²) in [6.45, 7) is 6.03. The molecule has 1 N–H and O–H groups in total. The van der Waals surface area contributed by atoms with Crippen molar-refractivity contribution < 1.29 is 9.52 Å². The van der Waals surface area contributed by atoms with Gasteiger partial charge in [-0.1, -0.05) is 33.3 Å². The van der Waals surface area contributed by atoms with Crippen LogP contribution >= 0.6 is 0 Å². The van der Waals surface area contributed by atoms with Crippen LogP contribution in [0.4, 0.5) is 0 Å². The van der Waals surface area contributed by atoms with Crippen LogP contribution in [0.5, 0.6) is 5.75 Å². The molecule has 0 fully saturated rings. The molecule has 17 heavy (non-hydrogen) atoms. The number of fused-ring (bicyclic) bond motifs is 1. The number of phenols is 1. The van der Waals surface area contributed by atoms with Crippen LogP contribution in [0.3, 0.4) is 0 Å². The van der Waals surface area contributed by atoms with Gasteiger partial charge in [0.05, 0.1) is 5.39 Å². The number of rotatable bonds is 2. The lowest BCUT2D eigenvalue weighted by Crippen LogP contribution is -2.00. The van der Waals surface area contributed by atoms with Gasteiger partial charge in [-0.2, -0.15) is 0 Å². The Hall–Kier alpha value is -1.77. The fraction of sp³-hybridized carbons (Fsp3) is 0.357. The van der Waals surface area contributed by atoms with Gasteiger partial charge in [-0.3, -0.25) is 0 Å². The number of aromatic hydroxyl groups is 1. The molecular formula is C14H18O3. The minimum atomic E-state index is -0.364. The van der Waals surface area contributed by atoms with Crippen LogP contribution in [0.25, 0.3) is 11.0 Å². The third-order valence-electron chi connectivity index (χ3n) is 2.35. The van der Waals surface area contributed by atoms with E-state index in [1.165, 1.54) is 6.07 Å². The van der Waals surface area contributed by atoms with E-state index in [1.807, 2.05) is 20.8 Å². The van der Waals surface area contributed by atoms with Crippen molar-refractivity contribution in [2.24, 2.45) is 0 Å². The van der Waals surface area contributed by atoms with Crippen molar-refractivity contribution in [2.75, 3.05) is 0 Å². The van der Waals surface area contributed by atoms with Crippen molar-refractivity contribution >= 4 is 11.0 Å². The van der Waals surface area contributed by atoms with E-state index in [-0.39, 0.29) is 11.4 Å². The number of phenolic OH excluding ortho intramolecular Hbond substituents is 1. The van der Waals surface area contributed by atoms with Crippen molar-refractivity contribution in [1.82, 2.24) is 0 Å². The maximum absolute atomic E-state index is 11.2. The number of hydrogen-bond donors (Lipinski definition) is 1. The molecule has 3 nitrogen and oxygen atoms in total. The quantitative estimate of drug-likeness (QED) is 0.809. The Balaban J connectivity index is 0.000000686. The largest absolute Gasteiger partial charge is 0.507 e. The summed E-state index contributed by atoms with van der Waals surface area (Å²) in [6.07, 6.45) is 1.69. The maximum atomic E-state index is 11.2. The molecule has 1 heterocycles. The molecule has 3 heteroatoms. The van der Waals surface area contributed by atoms with E-state index in [2.05, 4.69) is 0 Å². The van der Waals surface area contributed by atoms with E-state index in [4.69, 9.17) is 4.42 Å². The normalized spacial score (nSPS) is 9.82. The van der Waals surface area contributed by atoms with Crippen LogP contribution < -0.4 is 5.63 Å². The maximum Gasteiger partial charge on any atom is 0.336 e. The molecule has 1 aromatic heterocycles. The molecule has 0 radical (unpaired) electrons. The van der Waals surface area contributed by atoms with Gasteiger partial charge in [0.1, 0.15) is 11.3 Å². The first-order chi connectivity index (χ1) is 8.22. The third kappa shape index (κ3) is 2.87. The Morgan fingerprint density at radius 3 is 2.65 bits per heavy atom. The molecule has 92 valence electrons. The molecular weight excluding hydrogens is 216 g/mol. The second kappa shape index (κ2) is 6.09. The van der Waals surface area contributed by atoms with Gasteiger partial charge in [0.25, 0.3) is 0 Å². The molecule has 0 saturated heterocycles. The average molecular weight is 234 g/mol. The van der Waals surface area contributed by atoms with Crippen molar-refractivity contribution in [1.29, 1.82) is 0 Å². The van der Waals surface area contributed by atoms with Gasteiger partial charge < -0.3 is 9.52 Å². The van der Waals surface area contributed by atoms with Crippen molar-refractivity contribution in [3.63, 3.8) is 0 Å². The lowest BCUT2D eigenvalue weighted by Gasteiger charge is -2.05. The first-order valence-electron chi connectivity index (χ1n) is 5.97. The Morgan fingerprint density at radius 2 is 2.00 bits per heavy atom. The third-order valence-corrected chi connectivity index (χ3v) is 2.35. The van der Waals surface area contributed by atoms with Crippen molar-refractivity contribution in [3.8, 4) is 5.75 Å². The molecule has 0 aliphatic heterocycles. The van der Waals surface area contributed by atoms with Gasteiger partial charge in [-0.25, -0.2) is 4.79 Å². The zero-order valence-corrected chi connectivity index (χ0v) is 10.5. The van der Waals surface area contributed by atoms with Crippen LogP contribution in [0.2, 0.25) is 0 Å². The lowest BCUT2D eigenvalue weighted by molar-refractivity contribution is 0.478. The molecule has 0 aliphatic carbocycles. The van der Waals surface area contributed by atoms with E-state index >= 15 is 0 Å². The highest BCUT2D eigenvalue weighted by Gasteiger charge is 2.08. The average Bonchev–Trinajstić information content (AvgIpc) is 2.31. The van der Waals surface area contributed by atoms with Crippen LogP contribution in [0.1, 0.15) is 32.8 Å². The van der Waals surface area contributed by atoms with Crippen LogP contribution in [-0.2, 0) is 6.42 Å². The molecule has 0 aliphatic rings. The predicted octanol–water partition coefficient (Wildman–Crippen LogP) is 3.48. The summed E-state index contributed by atoms with van der Waals surface area (Å²) in [5.74, 6) is 0.166. The first kappa shape index (κ1) is 13.3. The van der Waals surface area contributed by atoms with E-state index in [0.29, 0.717) is 11.0 Å². The van der Waals surface area contributed by atoms with E-state index in [0.717, 1.165) is 18.4 Å². The van der Waals surface area contributed by atoms with Crippen LogP contribution in [-0.4, -0.2) is 5.11 Å². The second-order valence-corrected chi connectivity index (χ2v) is 3.49. The smallest absolute Gasteiger partial charge is 0.336 e. The highest BCUT2D eigenvalue weighted by molar-refractivity contribution is 5.86. The minimum Gasteiger partial charge on any atom is -0.507 e. The Labute approximate surface area is 101 Å². The molecule has 0 saturated carbocycles. The highest BCUT2D eigenvalue weighted by Crippen LogP contribution is 2.27. The molecule has 0 spiro atoms.